The Hall–Kier alpha value is -2.52. The van der Waals surface area contributed by atoms with E-state index in [9.17, 15) is 14.0 Å². The number of esters is 1. The first-order valence-electron chi connectivity index (χ1n) is 7.53. The summed E-state index contributed by atoms with van der Waals surface area (Å²) in [6.45, 7) is 0. The first-order chi connectivity index (χ1) is 12.5. The van der Waals surface area contributed by atoms with Gasteiger partial charge in [0, 0.05) is 22.8 Å². The predicted octanol–water partition coefficient (Wildman–Crippen LogP) is 3.04. The van der Waals surface area contributed by atoms with Crippen molar-refractivity contribution < 1.29 is 13.9 Å². The molecule has 1 N–H and O–H groups in total. The number of benzene rings is 1. The van der Waals surface area contributed by atoms with Crippen LogP contribution in [0.2, 0.25) is 0 Å². The molecule has 0 amide bonds. The number of ether oxygens (including phenoxy) is 1. The van der Waals surface area contributed by atoms with Crippen LogP contribution in [-0.4, -0.2) is 28.0 Å². The van der Waals surface area contributed by atoms with Crippen molar-refractivity contribution in [2.45, 2.75) is 17.3 Å². The van der Waals surface area contributed by atoms with Crippen LogP contribution in [0.4, 0.5) is 4.39 Å². The zero-order chi connectivity index (χ0) is 18.5. The number of nitrogens with one attached hydrogen (secondary N) is 1. The molecule has 0 saturated heterocycles. The molecule has 0 aliphatic rings. The summed E-state index contributed by atoms with van der Waals surface area (Å²) < 4.78 is 17.6. The van der Waals surface area contributed by atoms with E-state index in [0.29, 0.717) is 16.6 Å². The molecule has 0 atom stereocenters. The van der Waals surface area contributed by atoms with Gasteiger partial charge in [-0.15, -0.1) is 11.3 Å². The minimum absolute atomic E-state index is 0.0562. The van der Waals surface area contributed by atoms with Gasteiger partial charge in [0.2, 0.25) is 0 Å². The van der Waals surface area contributed by atoms with Crippen LogP contribution < -0.4 is 5.56 Å². The third-order valence-corrected chi connectivity index (χ3v) is 5.17. The van der Waals surface area contributed by atoms with Gasteiger partial charge in [-0.3, -0.25) is 9.59 Å². The van der Waals surface area contributed by atoms with Crippen LogP contribution >= 0.6 is 23.1 Å². The number of hydrogen-bond donors (Lipinski definition) is 1. The Morgan fingerprint density at radius 1 is 1.27 bits per heavy atom. The number of halogens is 1. The van der Waals surface area contributed by atoms with Gasteiger partial charge in [0.1, 0.15) is 10.8 Å². The normalized spacial score (nSPS) is 10.7. The second kappa shape index (κ2) is 8.24. The van der Waals surface area contributed by atoms with Crippen LogP contribution in [0.3, 0.4) is 0 Å². The molecule has 0 bridgehead atoms. The van der Waals surface area contributed by atoms with Gasteiger partial charge in [0.15, 0.2) is 5.16 Å². The Kier molecular flexibility index (Phi) is 5.79. The molecule has 1 aromatic carbocycles. The van der Waals surface area contributed by atoms with Gasteiger partial charge in [0.25, 0.3) is 5.56 Å². The van der Waals surface area contributed by atoms with Crippen LogP contribution in [0, 0.1) is 5.82 Å². The number of nitrogens with zero attached hydrogens (tertiary/aromatic N) is 2. The highest BCUT2D eigenvalue weighted by molar-refractivity contribution is 7.98. The molecule has 6 nitrogen and oxygen atoms in total. The summed E-state index contributed by atoms with van der Waals surface area (Å²) in [5, 5.41) is 3.11. The Balaban J connectivity index is 1.68. The third-order valence-electron chi connectivity index (χ3n) is 3.33. The highest BCUT2D eigenvalue weighted by Crippen LogP contribution is 2.26. The number of hydrogen-bond acceptors (Lipinski definition) is 7. The van der Waals surface area contributed by atoms with Gasteiger partial charge in [-0.05, 0) is 24.3 Å². The first-order valence-corrected chi connectivity index (χ1v) is 9.40. The van der Waals surface area contributed by atoms with E-state index >= 15 is 0 Å². The Bertz CT molecular complexity index is 970. The minimum atomic E-state index is -0.456. The number of rotatable bonds is 6. The average Bonchev–Trinajstić information content (AvgIpc) is 3.09. The molecule has 9 heteroatoms. The Morgan fingerprint density at radius 3 is 2.77 bits per heavy atom. The van der Waals surface area contributed by atoms with Gasteiger partial charge < -0.3 is 9.72 Å². The van der Waals surface area contributed by atoms with Gasteiger partial charge in [-0.25, -0.2) is 14.4 Å². The number of aromatic nitrogens is 3. The van der Waals surface area contributed by atoms with Gasteiger partial charge >= 0.3 is 5.97 Å². The van der Waals surface area contributed by atoms with Gasteiger partial charge in [-0.2, -0.15) is 0 Å². The first kappa shape index (κ1) is 18.3. The zero-order valence-electron chi connectivity index (χ0n) is 13.7. The highest BCUT2D eigenvalue weighted by atomic mass is 32.2. The van der Waals surface area contributed by atoms with Crippen molar-refractivity contribution in [3.8, 4) is 10.6 Å². The lowest BCUT2D eigenvalue weighted by Gasteiger charge is -2.02. The summed E-state index contributed by atoms with van der Waals surface area (Å²) in [6.07, 6.45) is -0.0562. The lowest BCUT2D eigenvalue weighted by Crippen LogP contribution is -2.13. The third kappa shape index (κ3) is 4.77. The fourth-order valence-electron chi connectivity index (χ4n) is 2.10. The van der Waals surface area contributed by atoms with Crippen LogP contribution in [0.5, 0.6) is 0 Å². The van der Waals surface area contributed by atoms with Crippen molar-refractivity contribution in [3.05, 3.63) is 63.3 Å². The molecule has 2 heterocycles. The molecule has 3 rings (SSSR count). The monoisotopic (exact) mass is 391 g/mol. The maximum Gasteiger partial charge on any atom is 0.311 e. The lowest BCUT2D eigenvalue weighted by molar-refractivity contribution is -0.139. The molecule has 134 valence electrons. The molecular weight excluding hydrogens is 377 g/mol. The molecule has 0 saturated carbocycles. The van der Waals surface area contributed by atoms with E-state index in [1.807, 2.05) is 5.38 Å². The maximum atomic E-state index is 13.0. The molecule has 0 unspecified atom stereocenters. The quantitative estimate of drug-likeness (QED) is 0.395. The number of carbonyl (C=O) groups excluding carboxylic acids is 1. The minimum Gasteiger partial charge on any atom is -0.469 e. The second-order valence-corrected chi connectivity index (χ2v) is 7.06. The summed E-state index contributed by atoms with van der Waals surface area (Å²) >= 11 is 2.77. The number of H-pyrrole nitrogens is 1. The van der Waals surface area contributed by atoms with E-state index in [4.69, 9.17) is 0 Å². The summed E-state index contributed by atoms with van der Waals surface area (Å²) in [6, 6.07) is 7.43. The number of methoxy groups -OCH3 is 1. The summed E-state index contributed by atoms with van der Waals surface area (Å²) in [7, 11) is 1.28. The number of thiazole rings is 1. The molecular formula is C17H14FN3O3S2. The topological polar surface area (TPSA) is 84.9 Å². The fourth-order valence-corrected chi connectivity index (χ4v) is 3.82. The standard InChI is InChI=1S/C17H14FN3O3S2/c1-24-15(23)7-12-6-14(22)21-17(20-12)26-9-13-8-25-16(19-13)10-2-4-11(18)5-3-10/h2-6,8H,7,9H2,1H3,(H,20,21,22). The summed E-state index contributed by atoms with van der Waals surface area (Å²) in [5.74, 6) is -0.243. The maximum absolute atomic E-state index is 13.0. The van der Waals surface area contributed by atoms with E-state index in [2.05, 4.69) is 19.7 Å². The number of aromatic amines is 1. The largest absolute Gasteiger partial charge is 0.469 e. The van der Waals surface area contributed by atoms with Crippen LogP contribution in [-0.2, 0) is 21.7 Å². The SMILES string of the molecule is COC(=O)Cc1cc(=O)[nH]c(SCc2csc(-c3ccc(F)cc3)n2)n1. The molecule has 0 radical (unpaired) electrons. The molecule has 0 aliphatic heterocycles. The lowest BCUT2D eigenvalue weighted by atomic mass is 10.2. The number of thioether (sulfide) groups is 1. The van der Waals surface area contributed by atoms with E-state index in [1.165, 1.54) is 48.4 Å². The zero-order valence-corrected chi connectivity index (χ0v) is 15.3. The molecule has 2 aromatic heterocycles. The molecule has 0 spiro atoms. The molecule has 0 aliphatic carbocycles. The van der Waals surface area contributed by atoms with Crippen molar-refractivity contribution in [1.82, 2.24) is 15.0 Å². The van der Waals surface area contributed by atoms with Crippen LogP contribution in [0.25, 0.3) is 10.6 Å². The van der Waals surface area contributed by atoms with Crippen LogP contribution in [0.1, 0.15) is 11.4 Å². The highest BCUT2D eigenvalue weighted by Gasteiger charge is 2.10. The fraction of sp³-hybridized carbons (Fsp3) is 0.176. The van der Waals surface area contributed by atoms with E-state index in [-0.39, 0.29) is 17.8 Å². The second-order valence-electron chi connectivity index (χ2n) is 5.23. The van der Waals surface area contributed by atoms with Gasteiger partial charge in [-0.1, -0.05) is 11.8 Å². The van der Waals surface area contributed by atoms with E-state index in [0.717, 1.165) is 16.3 Å². The summed E-state index contributed by atoms with van der Waals surface area (Å²) in [4.78, 5) is 34.4. The summed E-state index contributed by atoms with van der Waals surface area (Å²) in [5.41, 5.74) is 1.69. The van der Waals surface area contributed by atoms with Gasteiger partial charge in [0.05, 0.1) is 24.9 Å². The molecule has 0 fully saturated rings. The molecule has 26 heavy (non-hydrogen) atoms. The number of carbonyl (C=O) groups is 1. The predicted molar refractivity (Wildman–Crippen MR) is 97.6 cm³/mol. The van der Waals surface area contributed by atoms with E-state index < -0.39 is 5.97 Å². The Morgan fingerprint density at radius 2 is 2.04 bits per heavy atom. The van der Waals surface area contributed by atoms with Crippen molar-refractivity contribution in [1.29, 1.82) is 0 Å². The average molecular weight is 391 g/mol. The van der Waals surface area contributed by atoms with Crippen molar-refractivity contribution >= 4 is 29.1 Å². The van der Waals surface area contributed by atoms with Crippen molar-refractivity contribution in [2.75, 3.05) is 7.11 Å². The van der Waals surface area contributed by atoms with E-state index in [1.54, 1.807) is 12.1 Å². The Labute approximate surface area is 156 Å². The van der Waals surface area contributed by atoms with Crippen molar-refractivity contribution in [3.63, 3.8) is 0 Å². The smallest absolute Gasteiger partial charge is 0.311 e. The molecule has 3 aromatic rings. The van der Waals surface area contributed by atoms with Crippen molar-refractivity contribution in [2.24, 2.45) is 0 Å². The van der Waals surface area contributed by atoms with Crippen LogP contribution in [0.15, 0.2) is 45.7 Å².